The number of aliphatic imine (C=N–C) groups is 1. The van der Waals surface area contributed by atoms with Crippen LogP contribution < -0.4 is 15.8 Å². The summed E-state index contributed by atoms with van der Waals surface area (Å²) in [7, 11) is 0. The molecule has 3 rings (SSSR count). The Bertz CT molecular complexity index is 1100. The second kappa shape index (κ2) is 14.3. The van der Waals surface area contributed by atoms with E-state index in [9.17, 15) is 14.4 Å². The third-order valence-corrected chi connectivity index (χ3v) is 7.24. The van der Waals surface area contributed by atoms with Gasteiger partial charge in [0.15, 0.2) is 0 Å². The SMILES string of the molecule is CC(C)/C(N)=N/C(=O)N1CCC(CCCOc2ccc([C@@H](NC(=O)OC(C)(C)C)C(=O)N3CCCC3=N)cc2)CC1. The average molecular weight is 571 g/mol. The third kappa shape index (κ3) is 9.75. The van der Waals surface area contributed by atoms with Gasteiger partial charge in [0.1, 0.15) is 29.1 Å². The summed E-state index contributed by atoms with van der Waals surface area (Å²) in [6.07, 6.45) is 4.35. The summed E-state index contributed by atoms with van der Waals surface area (Å²) in [5.74, 6) is 1.54. The number of benzene rings is 1. The van der Waals surface area contributed by atoms with Crippen LogP contribution in [0.3, 0.4) is 0 Å². The highest BCUT2D eigenvalue weighted by atomic mass is 16.6. The Hall–Kier alpha value is -3.63. The van der Waals surface area contributed by atoms with Crippen molar-refractivity contribution < 1.29 is 23.9 Å². The van der Waals surface area contributed by atoms with Crippen molar-refractivity contribution in [2.45, 2.75) is 84.8 Å². The lowest BCUT2D eigenvalue weighted by molar-refractivity contribution is -0.129. The summed E-state index contributed by atoms with van der Waals surface area (Å²) < 4.78 is 11.3. The van der Waals surface area contributed by atoms with E-state index in [1.807, 2.05) is 13.8 Å². The molecule has 0 saturated carbocycles. The van der Waals surface area contributed by atoms with Gasteiger partial charge in [-0.05, 0) is 76.5 Å². The average Bonchev–Trinajstić information content (AvgIpc) is 3.34. The number of rotatable bonds is 9. The molecule has 226 valence electrons. The van der Waals surface area contributed by atoms with E-state index in [0.29, 0.717) is 55.7 Å². The van der Waals surface area contributed by atoms with Gasteiger partial charge >= 0.3 is 12.1 Å². The molecule has 4 amide bonds. The maximum atomic E-state index is 13.3. The zero-order valence-corrected chi connectivity index (χ0v) is 25.1. The highest BCUT2D eigenvalue weighted by molar-refractivity contribution is 6.01. The largest absolute Gasteiger partial charge is 0.494 e. The Balaban J connectivity index is 1.49. The molecule has 1 atom stereocenters. The van der Waals surface area contributed by atoms with Crippen LogP contribution in [0.4, 0.5) is 9.59 Å². The van der Waals surface area contributed by atoms with Crippen molar-refractivity contribution in [3.8, 4) is 5.75 Å². The molecule has 0 bridgehead atoms. The van der Waals surface area contributed by atoms with Crippen molar-refractivity contribution in [2.75, 3.05) is 26.2 Å². The minimum atomic E-state index is -0.970. The van der Waals surface area contributed by atoms with Crippen LogP contribution in [-0.4, -0.2) is 71.3 Å². The number of nitrogens with zero attached hydrogens (tertiary/aromatic N) is 3. The van der Waals surface area contributed by atoms with Crippen LogP contribution in [0.2, 0.25) is 0 Å². The first kappa shape index (κ1) is 31.9. The standard InChI is InChI=1S/C30H46N6O5/c1-20(2)26(32)34-28(38)35-17-14-21(15-18-35)8-7-19-40-23-12-10-22(11-13-23)25(33-29(39)41-30(3,4)5)27(37)36-16-6-9-24(36)31/h10-13,20-21,25,31H,6-9,14-19H2,1-5H3,(H,33,39)(H2,32,34,38)/t25-/m1/s1. The van der Waals surface area contributed by atoms with E-state index in [2.05, 4.69) is 10.3 Å². The topological polar surface area (TPSA) is 150 Å². The number of amides is 4. The predicted molar refractivity (Wildman–Crippen MR) is 158 cm³/mol. The summed E-state index contributed by atoms with van der Waals surface area (Å²) in [5.41, 5.74) is 5.71. The number of hydrogen-bond donors (Lipinski definition) is 3. The van der Waals surface area contributed by atoms with E-state index in [0.717, 1.165) is 32.1 Å². The first-order chi connectivity index (χ1) is 19.3. The highest BCUT2D eigenvalue weighted by Crippen LogP contribution is 2.25. The van der Waals surface area contributed by atoms with Crippen LogP contribution in [0.15, 0.2) is 29.3 Å². The lowest BCUT2D eigenvalue weighted by atomic mass is 9.92. The molecule has 1 aromatic carbocycles. The van der Waals surface area contributed by atoms with Gasteiger partial charge in [-0.2, -0.15) is 4.99 Å². The molecule has 1 aromatic rings. The van der Waals surface area contributed by atoms with E-state index in [-0.39, 0.29) is 23.7 Å². The van der Waals surface area contributed by atoms with Crippen LogP contribution in [0.5, 0.6) is 5.75 Å². The van der Waals surface area contributed by atoms with Crippen LogP contribution in [0.25, 0.3) is 0 Å². The van der Waals surface area contributed by atoms with Crippen LogP contribution in [-0.2, 0) is 9.53 Å². The Morgan fingerprint density at radius 1 is 1.12 bits per heavy atom. The zero-order valence-electron chi connectivity index (χ0n) is 25.1. The van der Waals surface area contributed by atoms with Crippen molar-refractivity contribution in [3.63, 3.8) is 0 Å². The van der Waals surface area contributed by atoms with Gasteiger partial charge in [0.05, 0.1) is 6.61 Å². The number of ether oxygens (including phenoxy) is 2. The maximum Gasteiger partial charge on any atom is 0.408 e. The summed E-state index contributed by atoms with van der Waals surface area (Å²) in [6.45, 7) is 11.5. The summed E-state index contributed by atoms with van der Waals surface area (Å²) in [4.78, 5) is 45.3. The summed E-state index contributed by atoms with van der Waals surface area (Å²) in [6, 6.07) is 5.88. The number of likely N-dealkylation sites (tertiary alicyclic amines) is 2. The molecule has 2 aliphatic heterocycles. The molecular formula is C30H46N6O5. The second-order valence-electron chi connectivity index (χ2n) is 12.1. The molecule has 2 fully saturated rings. The third-order valence-electron chi connectivity index (χ3n) is 7.24. The number of alkyl carbamates (subject to hydrolysis) is 1. The lowest BCUT2D eigenvalue weighted by Crippen LogP contribution is -2.44. The molecule has 41 heavy (non-hydrogen) atoms. The zero-order chi connectivity index (χ0) is 30.2. The smallest absolute Gasteiger partial charge is 0.408 e. The minimum absolute atomic E-state index is 0.0519. The van der Waals surface area contributed by atoms with E-state index >= 15 is 0 Å². The Labute approximate surface area is 243 Å². The number of amidine groups is 2. The number of nitrogens with one attached hydrogen (secondary N) is 2. The van der Waals surface area contributed by atoms with E-state index < -0.39 is 17.7 Å². The lowest BCUT2D eigenvalue weighted by Gasteiger charge is -2.30. The van der Waals surface area contributed by atoms with Gasteiger partial charge in [0.2, 0.25) is 0 Å². The van der Waals surface area contributed by atoms with Gasteiger partial charge < -0.3 is 25.4 Å². The summed E-state index contributed by atoms with van der Waals surface area (Å²) >= 11 is 0. The van der Waals surface area contributed by atoms with Gasteiger partial charge in [-0.3, -0.25) is 15.1 Å². The second-order valence-corrected chi connectivity index (χ2v) is 12.1. The molecule has 4 N–H and O–H groups in total. The molecule has 0 aliphatic carbocycles. The van der Waals surface area contributed by atoms with Crippen LogP contribution in [0, 0.1) is 17.2 Å². The number of hydrogen-bond acceptors (Lipinski definition) is 6. The fraction of sp³-hybridized carbons (Fsp3) is 0.633. The molecule has 11 heteroatoms. The molecule has 0 radical (unpaired) electrons. The monoisotopic (exact) mass is 570 g/mol. The van der Waals surface area contributed by atoms with E-state index in [1.165, 1.54) is 4.90 Å². The molecule has 0 unspecified atom stereocenters. The molecule has 0 spiro atoms. The van der Waals surface area contributed by atoms with Crippen molar-refractivity contribution >= 4 is 29.7 Å². The van der Waals surface area contributed by atoms with E-state index in [1.54, 1.807) is 49.9 Å². The normalized spacial score (nSPS) is 17.5. The Morgan fingerprint density at radius 3 is 2.34 bits per heavy atom. The van der Waals surface area contributed by atoms with Crippen LogP contribution >= 0.6 is 0 Å². The van der Waals surface area contributed by atoms with Gasteiger partial charge in [0, 0.05) is 32.0 Å². The predicted octanol–water partition coefficient (Wildman–Crippen LogP) is 4.86. The fourth-order valence-electron chi connectivity index (χ4n) is 4.83. The first-order valence-corrected chi connectivity index (χ1v) is 14.6. The first-order valence-electron chi connectivity index (χ1n) is 14.6. The van der Waals surface area contributed by atoms with Crippen molar-refractivity contribution in [2.24, 2.45) is 22.6 Å². The van der Waals surface area contributed by atoms with Gasteiger partial charge in [0.25, 0.3) is 5.91 Å². The summed E-state index contributed by atoms with van der Waals surface area (Å²) in [5, 5.41) is 10.8. The van der Waals surface area contributed by atoms with Crippen LogP contribution in [0.1, 0.15) is 84.7 Å². The van der Waals surface area contributed by atoms with Gasteiger partial charge in [-0.25, -0.2) is 9.59 Å². The maximum absolute atomic E-state index is 13.3. The minimum Gasteiger partial charge on any atom is -0.494 e. The number of carbonyl (C=O) groups excluding carboxylic acids is 3. The van der Waals surface area contributed by atoms with Crippen molar-refractivity contribution in [3.05, 3.63) is 29.8 Å². The Morgan fingerprint density at radius 2 is 1.78 bits per heavy atom. The van der Waals surface area contributed by atoms with Crippen molar-refractivity contribution in [1.29, 1.82) is 5.41 Å². The molecule has 2 aliphatic rings. The van der Waals surface area contributed by atoms with Gasteiger partial charge in [-0.15, -0.1) is 0 Å². The quantitative estimate of drug-likeness (QED) is 0.219. The molecule has 2 heterocycles. The highest BCUT2D eigenvalue weighted by Gasteiger charge is 2.33. The number of urea groups is 1. The molecule has 11 nitrogen and oxygen atoms in total. The van der Waals surface area contributed by atoms with E-state index in [4.69, 9.17) is 20.6 Å². The van der Waals surface area contributed by atoms with Crippen molar-refractivity contribution in [1.82, 2.24) is 15.1 Å². The fourth-order valence-corrected chi connectivity index (χ4v) is 4.83. The molecule has 2 saturated heterocycles. The number of piperidine rings is 1. The number of carbonyl (C=O) groups is 3. The van der Waals surface area contributed by atoms with Gasteiger partial charge in [-0.1, -0.05) is 26.0 Å². The Kier molecular flexibility index (Phi) is 11.1. The molecule has 0 aromatic heterocycles. The number of nitrogens with two attached hydrogens (primary N) is 1. The molecular weight excluding hydrogens is 524 g/mol.